The van der Waals surface area contributed by atoms with Gasteiger partial charge in [0.2, 0.25) is 0 Å². The lowest BCUT2D eigenvalue weighted by Crippen LogP contribution is -2.44. The van der Waals surface area contributed by atoms with E-state index in [1.165, 1.54) is 121 Å². The number of hydrogen-bond acceptors (Lipinski definition) is 15. The van der Waals surface area contributed by atoms with Crippen LogP contribution in [-0.2, 0) is 47.1 Å². The third-order valence-electron chi connectivity index (χ3n) is 15.4. The lowest BCUT2D eigenvalue weighted by molar-refractivity contribution is 0.167. The number of unbranched alkanes of at least 4 members (excludes halogenated alkanes) is 24. The van der Waals surface area contributed by atoms with Crippen LogP contribution in [0.25, 0.3) is 0 Å². The summed E-state index contributed by atoms with van der Waals surface area (Å²) in [5, 5.41) is 0. The van der Waals surface area contributed by atoms with Gasteiger partial charge in [-0.1, -0.05) is 153 Å². The van der Waals surface area contributed by atoms with Crippen LogP contribution in [0.2, 0.25) is 0 Å². The van der Waals surface area contributed by atoms with E-state index in [1.807, 2.05) is 0 Å². The number of nitrogens with zero attached hydrogens (tertiary/aromatic N) is 4. The molecule has 1 rings (SSSR count). The predicted molar refractivity (Wildman–Crippen MR) is 360 cm³/mol. The fourth-order valence-corrected chi connectivity index (χ4v) is 13.5. The monoisotopic (exact) mass is 1260 g/mol. The van der Waals surface area contributed by atoms with Gasteiger partial charge in [0.25, 0.3) is 30.4 Å². The molecule has 1 aliphatic rings. The van der Waals surface area contributed by atoms with Crippen LogP contribution in [0.4, 0.5) is 0 Å². The van der Waals surface area contributed by atoms with E-state index in [1.54, 1.807) is 0 Å². The Morgan fingerprint density at radius 2 is 0.560 bits per heavy atom. The van der Waals surface area contributed by atoms with Gasteiger partial charge in [0.15, 0.2) is 0 Å². The molecule has 0 aliphatic carbocycles. The van der Waals surface area contributed by atoms with Crippen LogP contribution in [0.3, 0.4) is 0 Å². The van der Waals surface area contributed by atoms with E-state index in [-0.39, 0.29) is 43.6 Å². The van der Waals surface area contributed by atoms with Crippen molar-refractivity contribution in [2.24, 2.45) is 0 Å². The molecule has 1 aliphatic heterocycles. The average molecular weight is 1270 g/mol. The molecule has 0 N–H and O–H groups in total. The summed E-state index contributed by atoms with van der Waals surface area (Å²) in [5.74, 6) is 0.424. The summed E-state index contributed by atoms with van der Waals surface area (Å²) in [5.41, 5.74) is 0. The van der Waals surface area contributed by atoms with Crippen LogP contribution in [0.15, 0.2) is 48.6 Å². The topological polar surface area (TPSA) is 152 Å². The van der Waals surface area contributed by atoms with E-state index >= 15 is 0 Å². The first kappa shape index (κ1) is 80.9. The molecule has 0 bridgehead atoms. The normalized spacial score (nSPS) is 16.0. The molecule has 0 aromatic carbocycles. The largest absolute Gasteiger partial charge is 0.315 e. The second-order valence-electron chi connectivity index (χ2n) is 23.2. The zero-order chi connectivity index (χ0) is 61.2. The molecule has 1 fully saturated rings. The minimum atomic E-state index is -3.79. The van der Waals surface area contributed by atoms with Crippen LogP contribution >= 0.6 is 12.0 Å². The van der Waals surface area contributed by atoms with Crippen LogP contribution in [-0.4, -0.2) is 173 Å². The summed E-state index contributed by atoms with van der Waals surface area (Å²) >= 11 is 1.51. The highest BCUT2D eigenvalue weighted by Crippen LogP contribution is 2.14. The van der Waals surface area contributed by atoms with E-state index in [0.717, 1.165) is 109 Å². The Hall–Kier alpha value is -1.16. The van der Waals surface area contributed by atoms with Crippen molar-refractivity contribution in [2.45, 2.75) is 246 Å². The quantitative estimate of drug-likeness (QED) is 0.0245. The molecule has 18 heteroatoms. The number of rotatable bonds is 56. The molecule has 84 heavy (non-hydrogen) atoms. The summed E-state index contributed by atoms with van der Waals surface area (Å²) in [6.07, 6.45) is 54.6. The lowest BCUT2D eigenvalue weighted by Gasteiger charge is -2.32. The smallest absolute Gasteiger partial charge is 0.268 e. The third-order valence-corrected chi connectivity index (χ3v) is 19.7. The van der Waals surface area contributed by atoms with E-state index in [0.29, 0.717) is 84.6 Å². The van der Waals surface area contributed by atoms with Gasteiger partial charge in [0.05, 0.1) is 43.7 Å². The fourth-order valence-electron chi connectivity index (χ4n) is 9.90. The molecule has 0 unspecified atom stereocenters. The van der Waals surface area contributed by atoms with Gasteiger partial charge in [-0.15, -0.1) is 0 Å². The Morgan fingerprint density at radius 3 is 0.833 bits per heavy atom. The molecule has 0 amide bonds. The van der Waals surface area contributed by atoms with Crippen molar-refractivity contribution in [3.8, 4) is 0 Å². The molecule has 0 saturated carbocycles. The molecule has 0 radical (unpaired) electrons. The van der Waals surface area contributed by atoms with Gasteiger partial charge in [-0.25, -0.2) is 0 Å². The highest BCUT2D eigenvalue weighted by Gasteiger charge is 2.21. The Labute approximate surface area is 523 Å². The van der Waals surface area contributed by atoms with E-state index in [4.69, 9.17) is 16.7 Å². The van der Waals surface area contributed by atoms with E-state index in [2.05, 4.69) is 95.9 Å². The van der Waals surface area contributed by atoms with Crippen molar-refractivity contribution in [1.29, 1.82) is 0 Å². The Balaban J connectivity index is 3.10. The number of allylic oxidation sites excluding steroid dienone is 8. The first-order chi connectivity index (χ1) is 40.8. The summed E-state index contributed by atoms with van der Waals surface area (Å²) < 4.78 is 102. The zero-order valence-corrected chi connectivity index (χ0v) is 57.6. The standard InChI is InChI=1S/C66H128N4O10S4/c1-5-9-13-17-21-25-29-33-37-41-59-77-81-63-55-67-47-45-48-69(57-65-83(73,74)79-61-43-39-35-31-27-23-19-15-11-7-3)53-54-70(58-66-84(75,76)80-62-44-40-36-32-28-24-20-16-12-8-4)50-46-49-68(52-51-67)56-64-82(71,72)78-60-42-38-34-30-26-22-18-14-10-6-2/h25-32H,5-24,33-66H2,1-4H3/b29-25-,30-26+,31-27+,32-28+. The van der Waals surface area contributed by atoms with Gasteiger partial charge >= 0.3 is 0 Å². The van der Waals surface area contributed by atoms with Gasteiger partial charge in [-0.3, -0.25) is 12.5 Å². The lowest BCUT2D eigenvalue weighted by atomic mass is 10.1. The summed E-state index contributed by atoms with van der Waals surface area (Å²) in [4.78, 5) is 8.98. The van der Waals surface area contributed by atoms with Gasteiger partial charge in [-0.05, 0) is 179 Å². The average Bonchev–Trinajstić information content (AvgIpc) is 3.51. The van der Waals surface area contributed by atoms with Crippen molar-refractivity contribution in [3.05, 3.63) is 48.6 Å². The van der Waals surface area contributed by atoms with Gasteiger partial charge < -0.3 is 23.8 Å². The molecule has 1 heterocycles. The highest BCUT2D eigenvalue weighted by atomic mass is 32.2. The Morgan fingerprint density at radius 1 is 0.310 bits per heavy atom. The van der Waals surface area contributed by atoms with Crippen molar-refractivity contribution < 1.29 is 42.0 Å². The third kappa shape index (κ3) is 54.9. The fraction of sp³-hybridized carbons (Fsp3) is 0.879. The van der Waals surface area contributed by atoms with Gasteiger partial charge in [-0.2, -0.15) is 25.3 Å². The molecule has 0 aromatic rings. The molecule has 14 nitrogen and oxygen atoms in total. The molecular formula is C66H128N4O10S4. The second kappa shape index (κ2) is 58.2. The van der Waals surface area contributed by atoms with Gasteiger partial charge in [0, 0.05) is 58.1 Å². The van der Waals surface area contributed by atoms with Crippen LogP contribution in [0.1, 0.15) is 246 Å². The van der Waals surface area contributed by atoms with Crippen molar-refractivity contribution in [3.63, 3.8) is 0 Å². The molecule has 0 aromatic heterocycles. The predicted octanol–water partition coefficient (Wildman–Crippen LogP) is 15.5. The van der Waals surface area contributed by atoms with Crippen LogP contribution in [0.5, 0.6) is 0 Å². The molecule has 0 atom stereocenters. The zero-order valence-electron chi connectivity index (χ0n) is 54.3. The van der Waals surface area contributed by atoms with E-state index < -0.39 is 30.4 Å². The summed E-state index contributed by atoms with van der Waals surface area (Å²) in [7, 11) is -11.3. The SMILES string of the molecule is CCCCCC/C=C\CCCCOSCCN1CCCN(CCS(=O)(=O)OCCCC/C=C/CCCCCC)CCN(CCS(=O)(=O)OCCCC/C=C/CCCCCC)CCCN(CCS(=O)(=O)OCCCC/C=C/CCCCCC)CC1. The van der Waals surface area contributed by atoms with Crippen molar-refractivity contribution in [2.75, 3.05) is 128 Å². The number of hydrogen-bond donors (Lipinski definition) is 0. The molecular weight excluding hydrogens is 1140 g/mol. The molecule has 0 spiro atoms. The maximum Gasteiger partial charge on any atom is 0.268 e. The first-order valence-corrected chi connectivity index (χ1v) is 39.8. The first-order valence-electron chi connectivity index (χ1n) is 34.2. The molecule has 1 saturated heterocycles. The van der Waals surface area contributed by atoms with Crippen molar-refractivity contribution in [1.82, 2.24) is 19.6 Å². The Kier molecular flexibility index (Phi) is 56.0. The second-order valence-corrected chi connectivity index (χ2v) is 29.4. The van der Waals surface area contributed by atoms with Crippen LogP contribution in [0, 0.1) is 0 Å². The minimum absolute atomic E-state index is 0.101. The maximum atomic E-state index is 13.3. The van der Waals surface area contributed by atoms with Crippen LogP contribution < -0.4 is 0 Å². The summed E-state index contributed by atoms with van der Waals surface area (Å²) in [6, 6.07) is 0. The van der Waals surface area contributed by atoms with Crippen molar-refractivity contribution >= 4 is 42.4 Å². The van der Waals surface area contributed by atoms with Gasteiger partial charge in [0.1, 0.15) is 0 Å². The maximum absolute atomic E-state index is 13.3. The highest BCUT2D eigenvalue weighted by molar-refractivity contribution is 7.94. The minimum Gasteiger partial charge on any atom is -0.315 e. The van der Waals surface area contributed by atoms with E-state index in [9.17, 15) is 25.3 Å². The molecule has 496 valence electrons. The summed E-state index contributed by atoms with van der Waals surface area (Å²) in [6.45, 7) is 17.0. The Bertz CT molecular complexity index is 1920.